The fourth-order valence-electron chi connectivity index (χ4n) is 1.28. The molecule has 13 heavy (non-hydrogen) atoms. The number of amides is 1. The van der Waals surface area contributed by atoms with Gasteiger partial charge in [0.15, 0.2) is 0 Å². The molecule has 1 fully saturated rings. The van der Waals surface area contributed by atoms with Gasteiger partial charge in [-0.25, -0.2) is 0 Å². The zero-order chi connectivity index (χ0) is 8.39. The molecule has 1 radical (unpaired) electrons. The molecule has 2 rings (SSSR count). The summed E-state index contributed by atoms with van der Waals surface area (Å²) in [6, 6.07) is 9.83. The van der Waals surface area contributed by atoms with Gasteiger partial charge in [-0.1, -0.05) is 18.2 Å². The molecule has 0 unspecified atom stereocenters. The molecule has 1 aromatic rings. The van der Waals surface area contributed by atoms with E-state index in [1.54, 1.807) is 0 Å². The predicted octanol–water partition coefficient (Wildman–Crippen LogP) is 0.547. The Morgan fingerprint density at radius 2 is 1.92 bits per heavy atom. The van der Waals surface area contributed by atoms with Crippen molar-refractivity contribution in [2.24, 2.45) is 0 Å². The van der Waals surface area contributed by atoms with Crippen molar-refractivity contribution >= 4 is 63.0 Å². The van der Waals surface area contributed by atoms with Crippen molar-refractivity contribution in [2.75, 3.05) is 11.6 Å². The Bertz CT molecular complexity index is 289. The summed E-state index contributed by atoms with van der Waals surface area (Å²) in [5, 5.41) is 1.86. The first-order chi connectivity index (χ1) is 5.86. The largest absolute Gasteiger partial charge is 0.285 e. The van der Waals surface area contributed by atoms with Crippen molar-refractivity contribution < 1.29 is 4.79 Å². The standard InChI is InChI=1S/C9H10N2O.K/c12-9-6-7-11(10-9)8-4-2-1-3-5-8;/h1-5H,6-7H2,(H,10,12);. The van der Waals surface area contributed by atoms with E-state index in [1.807, 2.05) is 35.3 Å². The molecule has 63 valence electrons. The molecule has 0 aliphatic carbocycles. The van der Waals surface area contributed by atoms with Gasteiger partial charge in [0.25, 0.3) is 0 Å². The molecule has 1 amide bonds. The molecule has 0 aromatic heterocycles. The summed E-state index contributed by atoms with van der Waals surface area (Å²) in [6.07, 6.45) is 0.592. The molecule has 1 aromatic carbocycles. The van der Waals surface area contributed by atoms with E-state index in [1.165, 1.54) is 0 Å². The molecule has 4 heteroatoms. The zero-order valence-electron chi connectivity index (χ0n) is 7.66. The molecule has 1 N–H and O–H groups in total. The third-order valence-corrected chi connectivity index (χ3v) is 1.89. The maximum absolute atomic E-state index is 10.9. The van der Waals surface area contributed by atoms with Gasteiger partial charge in [0.2, 0.25) is 5.91 Å². The number of hydrogen-bond donors (Lipinski definition) is 1. The Morgan fingerprint density at radius 3 is 2.46 bits per heavy atom. The van der Waals surface area contributed by atoms with Crippen LogP contribution in [-0.2, 0) is 4.79 Å². The number of rotatable bonds is 1. The Kier molecular flexibility index (Phi) is 4.41. The molecule has 3 nitrogen and oxygen atoms in total. The van der Waals surface area contributed by atoms with Crippen LogP contribution in [0.5, 0.6) is 0 Å². The van der Waals surface area contributed by atoms with Crippen molar-refractivity contribution in [2.45, 2.75) is 6.42 Å². The van der Waals surface area contributed by atoms with E-state index in [9.17, 15) is 4.79 Å². The zero-order valence-corrected chi connectivity index (χ0v) is 10.8. The molecule has 1 saturated heterocycles. The molecular formula is C9H10KN2O. The third kappa shape index (κ3) is 2.79. The molecule has 0 atom stereocenters. The average molecular weight is 201 g/mol. The first-order valence-electron chi connectivity index (χ1n) is 3.98. The maximum Gasteiger partial charge on any atom is 0.240 e. The monoisotopic (exact) mass is 201 g/mol. The normalized spacial score (nSPS) is 15.1. The third-order valence-electron chi connectivity index (χ3n) is 1.89. The fraction of sp³-hybridized carbons (Fsp3) is 0.222. The van der Waals surface area contributed by atoms with Crippen LogP contribution in [0, 0.1) is 0 Å². The van der Waals surface area contributed by atoms with Gasteiger partial charge in [-0.3, -0.25) is 15.2 Å². The number of hydrazine groups is 1. The first kappa shape index (κ1) is 11.2. The van der Waals surface area contributed by atoms with Crippen LogP contribution < -0.4 is 10.4 Å². The van der Waals surface area contributed by atoms with Gasteiger partial charge in [-0.2, -0.15) is 0 Å². The molecule has 0 saturated carbocycles. The van der Waals surface area contributed by atoms with Gasteiger partial charge in [-0.05, 0) is 12.1 Å². The Balaban J connectivity index is 0.000000845. The summed E-state index contributed by atoms with van der Waals surface area (Å²) in [5.41, 5.74) is 3.81. The first-order valence-corrected chi connectivity index (χ1v) is 3.98. The Labute approximate surface area is 120 Å². The van der Waals surface area contributed by atoms with E-state index in [0.29, 0.717) is 6.42 Å². The van der Waals surface area contributed by atoms with Crippen LogP contribution in [0.1, 0.15) is 6.42 Å². The average Bonchev–Trinajstić information content (AvgIpc) is 2.54. The van der Waals surface area contributed by atoms with Crippen molar-refractivity contribution in [1.82, 2.24) is 5.43 Å². The minimum absolute atomic E-state index is 0. The molecule has 0 bridgehead atoms. The number of para-hydroxylation sites is 1. The van der Waals surface area contributed by atoms with Crippen molar-refractivity contribution in [3.05, 3.63) is 30.3 Å². The van der Waals surface area contributed by atoms with E-state index in [2.05, 4.69) is 5.43 Å². The van der Waals surface area contributed by atoms with Crippen molar-refractivity contribution in [3.63, 3.8) is 0 Å². The molecule has 0 spiro atoms. The van der Waals surface area contributed by atoms with Crippen LogP contribution in [-0.4, -0.2) is 63.8 Å². The van der Waals surface area contributed by atoms with Gasteiger partial charge in [0.05, 0.1) is 5.69 Å². The van der Waals surface area contributed by atoms with E-state index >= 15 is 0 Å². The van der Waals surface area contributed by atoms with Crippen LogP contribution in [0.25, 0.3) is 0 Å². The van der Waals surface area contributed by atoms with Gasteiger partial charge in [0.1, 0.15) is 0 Å². The molecule has 1 heterocycles. The quantitative estimate of drug-likeness (QED) is 0.673. The second-order valence-corrected chi connectivity index (χ2v) is 2.77. The predicted molar refractivity (Wildman–Crippen MR) is 52.3 cm³/mol. The summed E-state index contributed by atoms with van der Waals surface area (Å²) in [7, 11) is 0. The summed E-state index contributed by atoms with van der Waals surface area (Å²) in [4.78, 5) is 10.9. The fourth-order valence-corrected chi connectivity index (χ4v) is 1.28. The Hall–Kier alpha value is 0.126. The Morgan fingerprint density at radius 1 is 1.23 bits per heavy atom. The molecular weight excluding hydrogens is 191 g/mol. The maximum atomic E-state index is 10.9. The topological polar surface area (TPSA) is 32.3 Å². The van der Waals surface area contributed by atoms with E-state index < -0.39 is 0 Å². The number of anilines is 1. The molecule has 1 aliphatic heterocycles. The van der Waals surface area contributed by atoms with Gasteiger partial charge in [-0.15, -0.1) is 0 Å². The number of hydrogen-bond acceptors (Lipinski definition) is 2. The minimum Gasteiger partial charge on any atom is -0.285 e. The van der Waals surface area contributed by atoms with Crippen molar-refractivity contribution in [1.29, 1.82) is 0 Å². The van der Waals surface area contributed by atoms with Crippen LogP contribution in [0.2, 0.25) is 0 Å². The minimum atomic E-state index is 0. The summed E-state index contributed by atoms with van der Waals surface area (Å²) < 4.78 is 0. The number of nitrogens with one attached hydrogen (secondary N) is 1. The second-order valence-electron chi connectivity index (χ2n) is 2.77. The van der Waals surface area contributed by atoms with Crippen LogP contribution in [0.3, 0.4) is 0 Å². The van der Waals surface area contributed by atoms with Crippen LogP contribution >= 0.6 is 0 Å². The number of carbonyl (C=O) groups excluding carboxylic acids is 1. The van der Waals surface area contributed by atoms with Gasteiger partial charge >= 0.3 is 0 Å². The SMILES string of the molecule is O=C1CCN(c2ccccc2)N1.[K]. The summed E-state index contributed by atoms with van der Waals surface area (Å²) >= 11 is 0. The summed E-state index contributed by atoms with van der Waals surface area (Å²) in [5.74, 6) is 0.0962. The van der Waals surface area contributed by atoms with E-state index in [4.69, 9.17) is 0 Å². The van der Waals surface area contributed by atoms with Crippen LogP contribution in [0.4, 0.5) is 5.69 Å². The van der Waals surface area contributed by atoms with E-state index in [-0.39, 0.29) is 57.3 Å². The summed E-state index contributed by atoms with van der Waals surface area (Å²) in [6.45, 7) is 0.767. The second kappa shape index (κ2) is 5.12. The van der Waals surface area contributed by atoms with Gasteiger partial charge < -0.3 is 0 Å². The molecule has 1 aliphatic rings. The van der Waals surface area contributed by atoms with Crippen molar-refractivity contribution in [3.8, 4) is 0 Å². The van der Waals surface area contributed by atoms with Gasteiger partial charge in [0, 0.05) is 64.4 Å². The van der Waals surface area contributed by atoms with Crippen LogP contribution in [0.15, 0.2) is 30.3 Å². The smallest absolute Gasteiger partial charge is 0.240 e. The number of carbonyl (C=O) groups is 1. The number of nitrogens with zero attached hydrogens (tertiary/aromatic N) is 1. The van der Waals surface area contributed by atoms with E-state index in [0.717, 1.165) is 12.2 Å². The number of benzene rings is 1.